The highest BCUT2D eigenvalue weighted by Crippen LogP contribution is 2.44. The molecule has 0 bridgehead atoms. The summed E-state index contributed by atoms with van der Waals surface area (Å²) in [5, 5.41) is 13.2. The summed E-state index contributed by atoms with van der Waals surface area (Å²) in [5.74, 6) is 1.06. The molecule has 0 aliphatic heterocycles. The third-order valence-corrected chi connectivity index (χ3v) is 12.3. The van der Waals surface area contributed by atoms with Crippen LogP contribution in [0.2, 0.25) is 0 Å². The average molecular weight is 847 g/mol. The zero-order valence-corrected chi connectivity index (χ0v) is 36.7. The lowest BCUT2D eigenvalue weighted by molar-refractivity contribution is 1.13. The van der Waals surface area contributed by atoms with Crippen LogP contribution in [0.3, 0.4) is 0 Å². The molecule has 0 N–H and O–H groups in total. The van der Waals surface area contributed by atoms with Crippen LogP contribution in [0, 0.1) is 32.1 Å². The van der Waals surface area contributed by atoms with E-state index in [2.05, 4.69) is 122 Å². The number of aromatic nitrogens is 5. The number of nitrogens with zero attached hydrogens (tertiary/aromatic N) is 6. The van der Waals surface area contributed by atoms with E-state index < -0.39 is 0 Å². The van der Waals surface area contributed by atoms with Crippen molar-refractivity contribution in [3.8, 4) is 90.7 Å². The molecule has 3 aromatic heterocycles. The molecule has 0 saturated carbocycles. The molecule has 0 atom stereocenters. The molecular formula is C60H42N6. The summed E-state index contributed by atoms with van der Waals surface area (Å²) in [7, 11) is 0. The number of nitriles is 1. The molecule has 11 rings (SSSR count). The van der Waals surface area contributed by atoms with Crippen LogP contribution in [0.4, 0.5) is 0 Å². The summed E-state index contributed by atoms with van der Waals surface area (Å²) in [6, 6.07) is 71.0. The fourth-order valence-corrected chi connectivity index (χ4v) is 9.45. The summed E-state index contributed by atoms with van der Waals surface area (Å²) in [6.45, 7) is 6.53. The van der Waals surface area contributed by atoms with Crippen molar-refractivity contribution in [2.75, 3.05) is 0 Å². The Balaban J connectivity index is 1.30. The second kappa shape index (κ2) is 16.7. The Kier molecular flexibility index (Phi) is 10.1. The topological polar surface area (TPSA) is 80.3 Å². The van der Waals surface area contributed by atoms with Gasteiger partial charge in [-0.25, -0.2) is 19.9 Å². The Hall–Kier alpha value is -8.79. The number of para-hydroxylation sites is 1. The third-order valence-electron chi connectivity index (χ3n) is 12.3. The summed E-state index contributed by atoms with van der Waals surface area (Å²) in [4.78, 5) is 21.4. The van der Waals surface area contributed by atoms with Crippen LogP contribution in [0.5, 0.6) is 0 Å². The van der Waals surface area contributed by atoms with E-state index in [1.165, 1.54) is 22.3 Å². The van der Waals surface area contributed by atoms with Gasteiger partial charge in [0.15, 0.2) is 11.6 Å². The van der Waals surface area contributed by atoms with Gasteiger partial charge in [-0.3, -0.25) is 0 Å². The summed E-state index contributed by atoms with van der Waals surface area (Å²) in [5.41, 5.74) is 17.4. The summed E-state index contributed by atoms with van der Waals surface area (Å²) < 4.78 is 2.34. The van der Waals surface area contributed by atoms with Gasteiger partial charge < -0.3 is 4.57 Å². The second-order valence-corrected chi connectivity index (χ2v) is 16.8. The third kappa shape index (κ3) is 7.29. The van der Waals surface area contributed by atoms with E-state index in [4.69, 9.17) is 19.9 Å². The predicted octanol–water partition coefficient (Wildman–Crippen LogP) is 14.8. The Bertz CT molecular complexity index is 3380. The highest BCUT2D eigenvalue weighted by molar-refractivity contribution is 6.11. The lowest BCUT2D eigenvalue weighted by Crippen LogP contribution is -2.06. The van der Waals surface area contributed by atoms with E-state index in [9.17, 15) is 5.26 Å². The first kappa shape index (κ1) is 40.0. The lowest BCUT2D eigenvalue weighted by Gasteiger charge is -2.20. The minimum atomic E-state index is 0.451. The van der Waals surface area contributed by atoms with Gasteiger partial charge >= 0.3 is 0 Å². The lowest BCUT2D eigenvalue weighted by atomic mass is 9.93. The van der Waals surface area contributed by atoms with Gasteiger partial charge in [-0.1, -0.05) is 169 Å². The molecule has 8 aromatic carbocycles. The first-order valence-corrected chi connectivity index (χ1v) is 22.1. The molecule has 0 radical (unpaired) electrons. The number of aryl methyl sites for hydroxylation is 3. The quantitative estimate of drug-likeness (QED) is 0.152. The van der Waals surface area contributed by atoms with Crippen LogP contribution in [-0.2, 0) is 0 Å². The van der Waals surface area contributed by atoms with Gasteiger partial charge in [-0.2, -0.15) is 5.26 Å². The molecule has 312 valence electrons. The van der Waals surface area contributed by atoms with E-state index in [1.807, 2.05) is 109 Å². The van der Waals surface area contributed by atoms with Crippen molar-refractivity contribution in [2.45, 2.75) is 20.8 Å². The Morgan fingerprint density at radius 2 is 0.864 bits per heavy atom. The molecule has 11 aromatic rings. The Labute approximate surface area is 383 Å². The zero-order chi connectivity index (χ0) is 44.7. The van der Waals surface area contributed by atoms with Gasteiger partial charge in [0.1, 0.15) is 0 Å². The maximum atomic E-state index is 11.0. The minimum absolute atomic E-state index is 0.451. The highest BCUT2D eigenvalue weighted by Gasteiger charge is 2.26. The number of fused-ring (bicyclic) bond motifs is 3. The van der Waals surface area contributed by atoms with Crippen LogP contribution in [-0.4, -0.2) is 24.5 Å². The van der Waals surface area contributed by atoms with Crippen LogP contribution in [0.25, 0.3) is 106 Å². The summed E-state index contributed by atoms with van der Waals surface area (Å²) in [6.07, 6.45) is 0. The van der Waals surface area contributed by atoms with Gasteiger partial charge in [0, 0.05) is 44.2 Å². The number of hydrogen-bond donors (Lipinski definition) is 0. The fourth-order valence-electron chi connectivity index (χ4n) is 9.45. The fraction of sp³-hybridized carbons (Fsp3) is 0.0500. The van der Waals surface area contributed by atoms with Crippen molar-refractivity contribution in [2.24, 2.45) is 0 Å². The normalized spacial score (nSPS) is 11.2. The second-order valence-electron chi connectivity index (χ2n) is 16.8. The molecule has 0 aliphatic rings. The molecule has 0 unspecified atom stereocenters. The first-order chi connectivity index (χ1) is 32.4. The van der Waals surface area contributed by atoms with E-state index in [1.54, 1.807) is 0 Å². The van der Waals surface area contributed by atoms with Crippen molar-refractivity contribution in [1.82, 2.24) is 24.5 Å². The van der Waals surface area contributed by atoms with E-state index in [0.29, 0.717) is 28.5 Å². The van der Waals surface area contributed by atoms with Crippen LogP contribution < -0.4 is 0 Å². The first-order valence-electron chi connectivity index (χ1n) is 22.1. The van der Waals surface area contributed by atoms with Crippen LogP contribution >= 0.6 is 0 Å². The number of hydrogen-bond acceptors (Lipinski definition) is 5. The molecule has 0 amide bonds. The molecule has 66 heavy (non-hydrogen) atoms. The van der Waals surface area contributed by atoms with Crippen molar-refractivity contribution in [1.29, 1.82) is 5.26 Å². The molecule has 0 spiro atoms. The molecule has 0 aliphatic carbocycles. The van der Waals surface area contributed by atoms with Crippen molar-refractivity contribution in [3.63, 3.8) is 0 Å². The molecule has 0 saturated heterocycles. The highest BCUT2D eigenvalue weighted by atomic mass is 15.0. The van der Waals surface area contributed by atoms with Gasteiger partial charge in [-0.15, -0.1) is 0 Å². The maximum absolute atomic E-state index is 11.0. The average Bonchev–Trinajstić information content (AvgIpc) is 3.69. The molecule has 6 heteroatoms. The number of rotatable bonds is 8. The monoisotopic (exact) mass is 846 g/mol. The van der Waals surface area contributed by atoms with Crippen LogP contribution in [0.15, 0.2) is 200 Å². The smallest absolute Gasteiger partial charge is 0.162 e. The summed E-state index contributed by atoms with van der Waals surface area (Å²) >= 11 is 0. The van der Waals surface area contributed by atoms with E-state index in [0.717, 1.165) is 78.0 Å². The van der Waals surface area contributed by atoms with Gasteiger partial charge in [-0.05, 0) is 79.4 Å². The minimum Gasteiger partial charge on any atom is -0.308 e. The van der Waals surface area contributed by atoms with Crippen LogP contribution in [0.1, 0.15) is 22.3 Å². The Morgan fingerprint density at radius 1 is 0.394 bits per heavy atom. The standard InChI is InChI=1S/C60H42N6/c1-38-30-39(2)57(40(3)31-38)46-28-29-48-47-26-16-17-27-55(47)66(56(48)34-46)58-49(54-36-53(44-22-12-6-13-23-44)62-59(65-54)45-24-14-7-15-25-45)32-41(37-61)33-50(58)60-63-51(42-18-8-4-9-19-42)35-52(64-60)43-20-10-5-11-21-43/h4-36H,1-3H3. The zero-order valence-electron chi connectivity index (χ0n) is 36.7. The van der Waals surface area contributed by atoms with Crippen molar-refractivity contribution < 1.29 is 0 Å². The van der Waals surface area contributed by atoms with Crippen molar-refractivity contribution >= 4 is 21.8 Å². The van der Waals surface area contributed by atoms with E-state index in [-0.39, 0.29) is 0 Å². The molecule has 6 nitrogen and oxygen atoms in total. The molecule has 0 fully saturated rings. The van der Waals surface area contributed by atoms with Gasteiger partial charge in [0.25, 0.3) is 0 Å². The van der Waals surface area contributed by atoms with Gasteiger partial charge in [0.2, 0.25) is 0 Å². The van der Waals surface area contributed by atoms with Crippen molar-refractivity contribution in [3.05, 3.63) is 222 Å². The maximum Gasteiger partial charge on any atom is 0.162 e. The molecule has 3 heterocycles. The van der Waals surface area contributed by atoms with Gasteiger partial charge in [0.05, 0.1) is 51.1 Å². The Morgan fingerprint density at radius 3 is 1.44 bits per heavy atom. The predicted molar refractivity (Wildman–Crippen MR) is 269 cm³/mol. The largest absolute Gasteiger partial charge is 0.308 e. The molecular weight excluding hydrogens is 805 g/mol. The van der Waals surface area contributed by atoms with E-state index >= 15 is 0 Å². The SMILES string of the molecule is Cc1cc(C)c(-c2ccc3c4ccccc4n(-c4c(-c5cc(-c6ccccc6)nc(-c6ccccc6)n5)cc(C#N)cc4-c4nc(-c5ccccc5)cc(-c5ccccc5)n4)c3c2)c(C)c1. The number of benzene rings is 8.